The quantitative estimate of drug-likeness (QED) is 0.332. The van der Waals surface area contributed by atoms with E-state index >= 15 is 0 Å². The van der Waals surface area contributed by atoms with Gasteiger partial charge in [0.25, 0.3) is 5.91 Å². The molecule has 3 atom stereocenters. The lowest BCUT2D eigenvalue weighted by Crippen LogP contribution is -2.54. The van der Waals surface area contributed by atoms with Crippen LogP contribution in [-0.4, -0.2) is 53.2 Å². The Morgan fingerprint density at radius 2 is 1.77 bits per heavy atom. The minimum atomic E-state index is -1.09. The van der Waals surface area contributed by atoms with Crippen LogP contribution in [0, 0.1) is 12.8 Å². The minimum absolute atomic E-state index is 0.0301. The molecule has 0 aliphatic heterocycles. The van der Waals surface area contributed by atoms with Crippen molar-refractivity contribution in [3.63, 3.8) is 0 Å². The van der Waals surface area contributed by atoms with Crippen LogP contribution in [0.25, 0.3) is 0 Å². The lowest BCUT2D eigenvalue weighted by atomic mass is 9.95. The molecule has 0 aliphatic rings. The van der Waals surface area contributed by atoms with Gasteiger partial charge in [-0.2, -0.15) is 0 Å². The highest BCUT2D eigenvalue weighted by Crippen LogP contribution is 2.29. The normalized spacial score (nSPS) is 13.4. The Bertz CT molecular complexity index is 1160. The zero-order valence-electron chi connectivity index (χ0n) is 23.9. The number of phenols is 1. The maximum Gasteiger partial charge on any atom is 0.408 e. The van der Waals surface area contributed by atoms with Gasteiger partial charge in [0, 0.05) is 12.2 Å². The maximum atomic E-state index is 14.1. The fourth-order valence-electron chi connectivity index (χ4n) is 3.96. The highest BCUT2D eigenvalue weighted by molar-refractivity contribution is 5.99. The Hall–Kier alpha value is -4.01. The maximum absolute atomic E-state index is 14.1. The summed E-state index contributed by atoms with van der Waals surface area (Å²) in [5, 5.41) is 15.7. The average molecular weight is 540 g/mol. The molecule has 39 heavy (non-hydrogen) atoms. The number of amides is 3. The number of methoxy groups -OCH3 is 1. The van der Waals surface area contributed by atoms with Crippen LogP contribution in [0.1, 0.15) is 58.2 Å². The smallest absolute Gasteiger partial charge is 0.408 e. The van der Waals surface area contributed by atoms with E-state index in [0.717, 1.165) is 0 Å². The highest BCUT2D eigenvalue weighted by atomic mass is 16.6. The molecule has 2 aromatic rings. The van der Waals surface area contributed by atoms with E-state index in [0.29, 0.717) is 29.0 Å². The van der Waals surface area contributed by atoms with Crippen LogP contribution in [0.15, 0.2) is 55.1 Å². The number of rotatable bonds is 11. The van der Waals surface area contributed by atoms with E-state index in [-0.39, 0.29) is 18.2 Å². The third-order valence-electron chi connectivity index (χ3n) is 6.21. The molecule has 2 rings (SSSR count). The van der Waals surface area contributed by atoms with Gasteiger partial charge in [0.15, 0.2) is 0 Å². The SMILES string of the molecule is C=CCN(C(=O)C(NC(=O)OC(C)(C)C)C(C)CC)C(C(=O)Nc1ccc(OC)cc1)c1ccc(O)c(C)c1. The topological polar surface area (TPSA) is 117 Å². The van der Waals surface area contributed by atoms with Crippen LogP contribution < -0.4 is 15.4 Å². The van der Waals surface area contributed by atoms with Gasteiger partial charge in [-0.15, -0.1) is 6.58 Å². The molecule has 0 aliphatic carbocycles. The Kier molecular flexibility index (Phi) is 11.0. The first kappa shape index (κ1) is 31.2. The van der Waals surface area contributed by atoms with Crippen LogP contribution in [0.5, 0.6) is 11.5 Å². The lowest BCUT2D eigenvalue weighted by molar-refractivity contribution is -0.141. The Balaban J connectivity index is 2.54. The van der Waals surface area contributed by atoms with Gasteiger partial charge in [0.2, 0.25) is 5.91 Å². The first-order valence-corrected chi connectivity index (χ1v) is 13.0. The molecule has 2 aromatic carbocycles. The van der Waals surface area contributed by atoms with Gasteiger partial charge in [0.1, 0.15) is 29.2 Å². The first-order chi connectivity index (χ1) is 18.3. The summed E-state index contributed by atoms with van der Waals surface area (Å²) < 4.78 is 10.6. The zero-order valence-corrected chi connectivity index (χ0v) is 23.9. The number of hydrogen-bond donors (Lipinski definition) is 3. The van der Waals surface area contributed by atoms with Crippen LogP contribution in [0.4, 0.5) is 10.5 Å². The molecule has 0 aromatic heterocycles. The summed E-state index contributed by atoms with van der Waals surface area (Å²) in [7, 11) is 1.55. The number of nitrogens with zero attached hydrogens (tertiary/aromatic N) is 1. The number of nitrogens with one attached hydrogen (secondary N) is 2. The van der Waals surface area contributed by atoms with Crippen molar-refractivity contribution in [3.05, 3.63) is 66.2 Å². The van der Waals surface area contributed by atoms with Gasteiger partial charge in [-0.3, -0.25) is 9.59 Å². The summed E-state index contributed by atoms with van der Waals surface area (Å²) >= 11 is 0. The molecular formula is C30H41N3O6. The molecule has 3 unspecified atom stereocenters. The molecule has 3 amide bonds. The van der Waals surface area contributed by atoms with Gasteiger partial charge in [-0.25, -0.2) is 4.79 Å². The van der Waals surface area contributed by atoms with Gasteiger partial charge in [-0.1, -0.05) is 32.4 Å². The fraction of sp³-hybridized carbons (Fsp3) is 0.433. The summed E-state index contributed by atoms with van der Waals surface area (Å²) in [6.45, 7) is 14.5. The van der Waals surface area contributed by atoms with Crippen molar-refractivity contribution >= 4 is 23.6 Å². The van der Waals surface area contributed by atoms with E-state index in [9.17, 15) is 19.5 Å². The molecule has 0 radical (unpaired) electrons. The van der Waals surface area contributed by atoms with Crippen molar-refractivity contribution < 1.29 is 29.0 Å². The predicted octanol–water partition coefficient (Wildman–Crippen LogP) is 5.34. The monoisotopic (exact) mass is 539 g/mol. The first-order valence-electron chi connectivity index (χ1n) is 13.0. The molecule has 212 valence electrons. The molecule has 9 heteroatoms. The van der Waals surface area contributed by atoms with E-state index in [1.165, 1.54) is 17.0 Å². The van der Waals surface area contributed by atoms with Crippen molar-refractivity contribution in [2.24, 2.45) is 5.92 Å². The third-order valence-corrected chi connectivity index (χ3v) is 6.21. The Morgan fingerprint density at radius 3 is 2.28 bits per heavy atom. The molecule has 0 fully saturated rings. The summed E-state index contributed by atoms with van der Waals surface area (Å²) in [6, 6.07) is 9.52. The molecular weight excluding hydrogens is 498 g/mol. The van der Waals surface area contributed by atoms with E-state index in [4.69, 9.17) is 9.47 Å². The summed E-state index contributed by atoms with van der Waals surface area (Å²) in [5.41, 5.74) is 0.800. The summed E-state index contributed by atoms with van der Waals surface area (Å²) in [5.74, 6) is -0.494. The van der Waals surface area contributed by atoms with Gasteiger partial charge in [-0.05, 0) is 81.1 Å². The molecule has 3 N–H and O–H groups in total. The molecule has 0 saturated heterocycles. The number of carbonyl (C=O) groups excluding carboxylic acids is 3. The number of aryl methyl sites for hydroxylation is 1. The van der Waals surface area contributed by atoms with E-state index in [1.807, 2.05) is 13.8 Å². The number of ether oxygens (including phenoxy) is 2. The summed E-state index contributed by atoms with van der Waals surface area (Å²) in [4.78, 5) is 42.0. The molecule has 0 bridgehead atoms. The van der Waals surface area contributed by atoms with Gasteiger partial charge in [0.05, 0.1) is 7.11 Å². The number of benzene rings is 2. The number of aromatic hydroxyl groups is 1. The van der Waals surface area contributed by atoms with Crippen molar-refractivity contribution in [1.29, 1.82) is 0 Å². The number of carbonyl (C=O) groups is 3. The second kappa shape index (κ2) is 13.7. The molecule has 0 spiro atoms. The van der Waals surface area contributed by atoms with Gasteiger partial charge >= 0.3 is 6.09 Å². The Morgan fingerprint density at radius 1 is 1.13 bits per heavy atom. The Labute approximate surface area is 231 Å². The van der Waals surface area contributed by atoms with Crippen LogP contribution in [-0.2, 0) is 14.3 Å². The van der Waals surface area contributed by atoms with Crippen LogP contribution in [0.3, 0.4) is 0 Å². The van der Waals surface area contributed by atoms with E-state index in [1.54, 1.807) is 71.2 Å². The van der Waals surface area contributed by atoms with E-state index < -0.39 is 35.6 Å². The largest absolute Gasteiger partial charge is 0.508 e. The molecule has 9 nitrogen and oxygen atoms in total. The number of phenolic OH excluding ortho intramolecular Hbond substituents is 1. The van der Waals surface area contributed by atoms with E-state index in [2.05, 4.69) is 17.2 Å². The zero-order chi connectivity index (χ0) is 29.3. The summed E-state index contributed by atoms with van der Waals surface area (Å²) in [6.07, 6.45) is 1.40. The van der Waals surface area contributed by atoms with Crippen molar-refractivity contribution in [2.75, 3.05) is 19.0 Å². The standard InChI is InChI=1S/C30H41N3O6/c1-9-17-33(28(36)25(19(3)10-2)32-29(37)39-30(5,6)7)26(21-11-16-24(34)20(4)18-21)27(35)31-22-12-14-23(38-8)15-13-22/h9,11-16,18-19,25-26,34H,1,10,17H2,2-8H3,(H,31,35)(H,32,37). The number of anilines is 1. The molecule has 0 heterocycles. The second-order valence-corrected chi connectivity index (χ2v) is 10.5. The fourth-order valence-corrected chi connectivity index (χ4v) is 3.96. The van der Waals surface area contributed by atoms with Crippen molar-refractivity contribution in [3.8, 4) is 11.5 Å². The van der Waals surface area contributed by atoms with Crippen molar-refractivity contribution in [1.82, 2.24) is 10.2 Å². The molecule has 0 saturated carbocycles. The third kappa shape index (κ3) is 8.77. The average Bonchev–Trinajstić information content (AvgIpc) is 2.87. The number of hydrogen-bond acceptors (Lipinski definition) is 6. The van der Waals surface area contributed by atoms with Crippen LogP contribution >= 0.6 is 0 Å². The number of alkyl carbamates (subject to hydrolysis) is 1. The minimum Gasteiger partial charge on any atom is -0.508 e. The van der Waals surface area contributed by atoms with Gasteiger partial charge < -0.3 is 30.1 Å². The van der Waals surface area contributed by atoms with Crippen LogP contribution in [0.2, 0.25) is 0 Å². The second-order valence-electron chi connectivity index (χ2n) is 10.5. The lowest BCUT2D eigenvalue weighted by Gasteiger charge is -2.35. The van der Waals surface area contributed by atoms with Crippen molar-refractivity contribution in [2.45, 2.75) is 65.6 Å². The highest BCUT2D eigenvalue weighted by Gasteiger charge is 2.38. The predicted molar refractivity (Wildman–Crippen MR) is 152 cm³/mol.